The third-order valence-electron chi connectivity index (χ3n) is 4.44. The maximum Gasteiger partial charge on any atom is 0.0693 e. The Balaban J connectivity index is 1.76. The van der Waals surface area contributed by atoms with Crippen LogP contribution in [0, 0.1) is 0 Å². The van der Waals surface area contributed by atoms with Gasteiger partial charge in [0.1, 0.15) is 0 Å². The Hall–Kier alpha value is 0.270. The first-order valence-electron chi connectivity index (χ1n) is 7.26. The van der Waals surface area contributed by atoms with E-state index in [9.17, 15) is 5.11 Å². The van der Waals surface area contributed by atoms with Gasteiger partial charge in [0, 0.05) is 17.3 Å². The normalized spacial score (nSPS) is 39.9. The quantitative estimate of drug-likeness (QED) is 0.763. The van der Waals surface area contributed by atoms with Crippen LogP contribution in [0.5, 0.6) is 0 Å². The van der Waals surface area contributed by atoms with Gasteiger partial charge in [0.05, 0.1) is 6.10 Å². The molecule has 0 heterocycles. The Morgan fingerprint density at radius 3 is 2.35 bits per heavy atom. The highest BCUT2D eigenvalue weighted by Gasteiger charge is 2.26. The van der Waals surface area contributed by atoms with Crippen molar-refractivity contribution in [2.75, 3.05) is 6.26 Å². The van der Waals surface area contributed by atoms with Gasteiger partial charge in [-0.1, -0.05) is 19.3 Å². The molecule has 0 aromatic rings. The summed E-state index contributed by atoms with van der Waals surface area (Å²) in [4.78, 5) is 0. The van der Waals surface area contributed by atoms with Crippen molar-refractivity contribution in [2.24, 2.45) is 0 Å². The minimum Gasteiger partial charge on any atom is -0.392 e. The Morgan fingerprint density at radius 1 is 0.941 bits per heavy atom. The summed E-state index contributed by atoms with van der Waals surface area (Å²) in [5.41, 5.74) is 0. The number of thioether (sulfide) groups is 1. The van der Waals surface area contributed by atoms with Gasteiger partial charge in [-0.2, -0.15) is 11.8 Å². The fraction of sp³-hybridized carbons (Fsp3) is 1.00. The van der Waals surface area contributed by atoms with Crippen molar-refractivity contribution in [1.82, 2.24) is 5.32 Å². The molecule has 2 nitrogen and oxygen atoms in total. The van der Waals surface area contributed by atoms with Crippen LogP contribution in [0.1, 0.15) is 57.8 Å². The van der Waals surface area contributed by atoms with Crippen LogP contribution in [-0.4, -0.2) is 34.8 Å². The molecule has 0 amide bonds. The van der Waals surface area contributed by atoms with Crippen molar-refractivity contribution in [3.05, 3.63) is 0 Å². The largest absolute Gasteiger partial charge is 0.392 e. The van der Waals surface area contributed by atoms with Crippen molar-refractivity contribution >= 4 is 11.8 Å². The third kappa shape index (κ3) is 4.15. The maximum absolute atomic E-state index is 10.1. The van der Waals surface area contributed by atoms with Crippen LogP contribution < -0.4 is 5.32 Å². The molecule has 0 radical (unpaired) electrons. The number of aliphatic hydroxyl groups is 1. The molecule has 2 N–H and O–H groups in total. The summed E-state index contributed by atoms with van der Waals surface area (Å²) in [6, 6.07) is 1.03. The second kappa shape index (κ2) is 7.01. The number of hydrogen-bond donors (Lipinski definition) is 2. The average Bonchev–Trinajstić information content (AvgIpc) is 2.56. The Morgan fingerprint density at radius 2 is 1.65 bits per heavy atom. The molecule has 17 heavy (non-hydrogen) atoms. The summed E-state index contributed by atoms with van der Waals surface area (Å²) in [6.07, 6.45) is 13.4. The highest BCUT2D eigenvalue weighted by atomic mass is 32.2. The fourth-order valence-corrected chi connectivity index (χ4v) is 3.99. The molecule has 2 aliphatic carbocycles. The lowest BCUT2D eigenvalue weighted by Gasteiger charge is -2.33. The molecule has 0 aromatic heterocycles. The Bertz CT molecular complexity index is 216. The lowest BCUT2D eigenvalue weighted by molar-refractivity contribution is 0.110. The van der Waals surface area contributed by atoms with Gasteiger partial charge in [-0.25, -0.2) is 0 Å². The Labute approximate surface area is 110 Å². The van der Waals surface area contributed by atoms with E-state index in [4.69, 9.17) is 0 Å². The zero-order chi connectivity index (χ0) is 12.1. The standard InChI is InChI=1S/C14H27NOS/c1-17-12-9-7-11(8-10-12)15-13-5-3-2-4-6-14(13)16/h11-16H,2-10H2,1H3. The number of rotatable bonds is 3. The van der Waals surface area contributed by atoms with Crippen molar-refractivity contribution in [1.29, 1.82) is 0 Å². The first-order valence-corrected chi connectivity index (χ1v) is 8.55. The van der Waals surface area contributed by atoms with Crippen molar-refractivity contribution in [2.45, 2.75) is 81.2 Å². The summed E-state index contributed by atoms with van der Waals surface area (Å²) in [7, 11) is 0. The lowest BCUT2D eigenvalue weighted by Crippen LogP contribution is -2.46. The highest BCUT2D eigenvalue weighted by Crippen LogP contribution is 2.28. The monoisotopic (exact) mass is 257 g/mol. The predicted molar refractivity (Wildman–Crippen MR) is 75.6 cm³/mol. The minimum absolute atomic E-state index is 0.101. The van der Waals surface area contributed by atoms with Crippen LogP contribution in [0.2, 0.25) is 0 Å². The molecule has 2 unspecified atom stereocenters. The zero-order valence-corrected chi connectivity index (χ0v) is 11.8. The van der Waals surface area contributed by atoms with E-state index in [1.165, 1.54) is 51.4 Å². The number of nitrogens with one attached hydrogen (secondary N) is 1. The summed E-state index contributed by atoms with van der Waals surface area (Å²) in [6.45, 7) is 0. The summed E-state index contributed by atoms with van der Waals surface area (Å²) >= 11 is 2.02. The molecule has 100 valence electrons. The van der Waals surface area contributed by atoms with Crippen molar-refractivity contribution in [3.63, 3.8) is 0 Å². The van der Waals surface area contributed by atoms with Crippen LogP contribution in [0.25, 0.3) is 0 Å². The molecular weight excluding hydrogens is 230 g/mol. The molecule has 0 saturated heterocycles. The van der Waals surface area contributed by atoms with Gasteiger partial charge >= 0.3 is 0 Å². The predicted octanol–water partition coefficient (Wildman–Crippen LogP) is 2.94. The topological polar surface area (TPSA) is 32.3 Å². The molecule has 2 atom stereocenters. The molecule has 0 bridgehead atoms. The van der Waals surface area contributed by atoms with E-state index in [1.54, 1.807) is 0 Å². The van der Waals surface area contributed by atoms with E-state index in [0.29, 0.717) is 12.1 Å². The minimum atomic E-state index is -0.101. The van der Waals surface area contributed by atoms with E-state index in [2.05, 4.69) is 11.6 Å². The number of aliphatic hydroxyl groups excluding tert-OH is 1. The van der Waals surface area contributed by atoms with E-state index in [1.807, 2.05) is 11.8 Å². The molecule has 0 spiro atoms. The molecule has 2 aliphatic rings. The van der Waals surface area contributed by atoms with Crippen molar-refractivity contribution < 1.29 is 5.11 Å². The van der Waals surface area contributed by atoms with Gasteiger partial charge < -0.3 is 10.4 Å². The van der Waals surface area contributed by atoms with Gasteiger partial charge in [0.25, 0.3) is 0 Å². The average molecular weight is 257 g/mol. The van der Waals surface area contributed by atoms with Crippen LogP contribution in [0.15, 0.2) is 0 Å². The third-order valence-corrected chi connectivity index (χ3v) is 5.57. The second-order valence-electron chi connectivity index (χ2n) is 5.69. The van der Waals surface area contributed by atoms with Gasteiger partial charge in [-0.15, -0.1) is 0 Å². The number of hydrogen-bond acceptors (Lipinski definition) is 3. The first kappa shape index (κ1) is 13.7. The highest BCUT2D eigenvalue weighted by molar-refractivity contribution is 7.99. The molecule has 2 saturated carbocycles. The van der Waals surface area contributed by atoms with Gasteiger partial charge in [-0.3, -0.25) is 0 Å². The van der Waals surface area contributed by atoms with Crippen molar-refractivity contribution in [3.8, 4) is 0 Å². The molecule has 0 aromatic carbocycles. The first-order chi connectivity index (χ1) is 8.29. The Kier molecular flexibility index (Phi) is 5.64. The second-order valence-corrected chi connectivity index (χ2v) is 6.83. The van der Waals surface area contributed by atoms with Crippen LogP contribution in [-0.2, 0) is 0 Å². The SMILES string of the molecule is CSC1CCC(NC2CCCCCC2O)CC1. The van der Waals surface area contributed by atoms with Gasteiger partial charge in [0.15, 0.2) is 0 Å². The van der Waals surface area contributed by atoms with Crippen LogP contribution >= 0.6 is 11.8 Å². The summed E-state index contributed by atoms with van der Waals surface area (Å²) in [5, 5.41) is 14.7. The summed E-state index contributed by atoms with van der Waals surface area (Å²) in [5.74, 6) is 0. The van der Waals surface area contributed by atoms with E-state index < -0.39 is 0 Å². The molecular formula is C14H27NOS. The fourth-order valence-electron chi connectivity index (χ4n) is 3.25. The van der Waals surface area contributed by atoms with Gasteiger partial charge in [0.2, 0.25) is 0 Å². The molecule has 0 aliphatic heterocycles. The molecule has 2 fully saturated rings. The van der Waals surface area contributed by atoms with E-state index in [0.717, 1.165) is 11.7 Å². The molecule has 2 rings (SSSR count). The van der Waals surface area contributed by atoms with E-state index in [-0.39, 0.29) is 6.10 Å². The molecule has 3 heteroatoms. The smallest absolute Gasteiger partial charge is 0.0693 e. The van der Waals surface area contributed by atoms with Crippen LogP contribution in [0.3, 0.4) is 0 Å². The zero-order valence-electron chi connectivity index (χ0n) is 11.0. The van der Waals surface area contributed by atoms with Crippen LogP contribution in [0.4, 0.5) is 0 Å². The maximum atomic E-state index is 10.1. The van der Waals surface area contributed by atoms with E-state index >= 15 is 0 Å². The van der Waals surface area contributed by atoms with Gasteiger partial charge in [-0.05, 0) is 44.8 Å². The lowest BCUT2D eigenvalue weighted by atomic mass is 9.93. The summed E-state index contributed by atoms with van der Waals surface area (Å²) < 4.78 is 0.